The van der Waals surface area contributed by atoms with Crippen molar-refractivity contribution < 1.29 is 18.3 Å². The van der Waals surface area contributed by atoms with Crippen molar-refractivity contribution in [3.8, 4) is 0 Å². The summed E-state index contributed by atoms with van der Waals surface area (Å²) in [6.07, 6.45) is 3.18. The number of benzene rings is 2. The molecule has 0 atom stereocenters. The fraction of sp³-hybridized carbons (Fsp3) is 0.280. The van der Waals surface area contributed by atoms with E-state index in [1.807, 2.05) is 48.2 Å². The highest BCUT2D eigenvalue weighted by atomic mass is 32.2. The van der Waals surface area contributed by atoms with E-state index in [9.17, 15) is 18.3 Å². The van der Waals surface area contributed by atoms with E-state index < -0.39 is 16.0 Å². The van der Waals surface area contributed by atoms with Crippen LogP contribution in [0.5, 0.6) is 0 Å². The normalized spacial score (nSPS) is 11.2. The Bertz CT molecular complexity index is 1230. The molecule has 7 nitrogen and oxygen atoms in total. The monoisotopic (exact) mass is 467 g/mol. The Morgan fingerprint density at radius 2 is 1.82 bits per heavy atom. The number of pyridine rings is 1. The third-order valence-electron chi connectivity index (χ3n) is 5.28. The van der Waals surface area contributed by atoms with Gasteiger partial charge in [-0.2, -0.15) is 0 Å². The van der Waals surface area contributed by atoms with Gasteiger partial charge in [-0.25, -0.2) is 18.2 Å². The smallest absolute Gasteiger partial charge is 0.339 e. The molecule has 0 aliphatic carbocycles. The molecule has 1 heterocycles. The Hall–Kier alpha value is -3.39. The second-order valence-electron chi connectivity index (χ2n) is 8.04. The molecule has 0 saturated carbocycles. The largest absolute Gasteiger partial charge is 0.478 e. The molecular formula is C25H29N3O4S. The number of sulfonamides is 1. The third-order valence-corrected chi connectivity index (χ3v) is 6.80. The Morgan fingerprint density at radius 1 is 1.09 bits per heavy atom. The second kappa shape index (κ2) is 10.5. The van der Waals surface area contributed by atoms with Gasteiger partial charge in [0.25, 0.3) is 10.0 Å². The van der Waals surface area contributed by atoms with Gasteiger partial charge < -0.3 is 10.0 Å². The molecule has 0 spiro atoms. The number of anilines is 2. The summed E-state index contributed by atoms with van der Waals surface area (Å²) in [4.78, 5) is 18.6. The third kappa shape index (κ3) is 6.10. The lowest BCUT2D eigenvalue weighted by Crippen LogP contribution is -2.27. The molecule has 2 N–H and O–H groups in total. The molecule has 0 radical (unpaired) electrons. The molecule has 174 valence electrons. The van der Waals surface area contributed by atoms with E-state index in [1.54, 1.807) is 19.1 Å². The van der Waals surface area contributed by atoms with E-state index in [0.29, 0.717) is 24.5 Å². The average Bonchev–Trinajstić information content (AvgIpc) is 2.78. The van der Waals surface area contributed by atoms with Crippen LogP contribution in [0.15, 0.2) is 65.7 Å². The highest BCUT2D eigenvalue weighted by molar-refractivity contribution is 7.92. The van der Waals surface area contributed by atoms with Crippen molar-refractivity contribution in [1.29, 1.82) is 0 Å². The van der Waals surface area contributed by atoms with Gasteiger partial charge in [0.15, 0.2) is 0 Å². The number of carbonyl (C=O) groups is 1. The number of aromatic nitrogens is 1. The van der Waals surface area contributed by atoms with Crippen molar-refractivity contribution in [3.05, 3.63) is 83.0 Å². The minimum absolute atomic E-state index is 0.0526. The van der Waals surface area contributed by atoms with Crippen molar-refractivity contribution >= 4 is 27.5 Å². The highest BCUT2D eigenvalue weighted by Crippen LogP contribution is 2.26. The zero-order chi connectivity index (χ0) is 24.0. The molecule has 33 heavy (non-hydrogen) atoms. The lowest BCUT2D eigenvalue weighted by Gasteiger charge is -2.25. The molecule has 8 heteroatoms. The minimum Gasteiger partial charge on any atom is -0.478 e. The summed E-state index contributed by atoms with van der Waals surface area (Å²) < 4.78 is 28.4. The van der Waals surface area contributed by atoms with Crippen molar-refractivity contribution in [1.82, 2.24) is 4.98 Å². The first kappa shape index (κ1) is 24.3. The van der Waals surface area contributed by atoms with Crippen LogP contribution in [-0.4, -0.2) is 31.0 Å². The van der Waals surface area contributed by atoms with Gasteiger partial charge in [0, 0.05) is 13.1 Å². The van der Waals surface area contributed by atoms with Crippen LogP contribution in [0.3, 0.4) is 0 Å². The van der Waals surface area contributed by atoms with Gasteiger partial charge in [0.1, 0.15) is 11.4 Å². The van der Waals surface area contributed by atoms with E-state index in [4.69, 9.17) is 0 Å². The number of nitrogens with zero attached hydrogens (tertiary/aromatic N) is 2. The zero-order valence-electron chi connectivity index (χ0n) is 19.1. The quantitative estimate of drug-likeness (QED) is 0.435. The van der Waals surface area contributed by atoms with E-state index in [0.717, 1.165) is 24.0 Å². The molecule has 2 aromatic carbocycles. The first-order chi connectivity index (χ1) is 15.7. The summed E-state index contributed by atoms with van der Waals surface area (Å²) in [6, 6.07) is 16.2. The Morgan fingerprint density at radius 3 is 2.48 bits per heavy atom. The van der Waals surface area contributed by atoms with Crippen molar-refractivity contribution in [2.24, 2.45) is 0 Å². The van der Waals surface area contributed by atoms with Crippen LogP contribution in [-0.2, 0) is 16.6 Å². The molecule has 0 amide bonds. The number of rotatable bonds is 10. The molecule has 3 rings (SSSR count). The Balaban J connectivity index is 1.96. The number of nitrogens with one attached hydrogen (secondary N) is 1. The topological polar surface area (TPSA) is 99.6 Å². The number of hydrogen-bond acceptors (Lipinski definition) is 5. The van der Waals surface area contributed by atoms with Crippen LogP contribution in [0.25, 0.3) is 0 Å². The van der Waals surface area contributed by atoms with Crippen molar-refractivity contribution in [3.63, 3.8) is 0 Å². The van der Waals surface area contributed by atoms with Crippen LogP contribution in [0.2, 0.25) is 0 Å². The Labute approximate surface area is 195 Å². The summed E-state index contributed by atoms with van der Waals surface area (Å²) >= 11 is 0. The van der Waals surface area contributed by atoms with Crippen LogP contribution >= 0.6 is 0 Å². The summed E-state index contributed by atoms with van der Waals surface area (Å²) in [7, 11) is -3.90. The summed E-state index contributed by atoms with van der Waals surface area (Å²) in [6.45, 7) is 6.73. The van der Waals surface area contributed by atoms with E-state index in [-0.39, 0.29) is 16.1 Å². The summed E-state index contributed by atoms with van der Waals surface area (Å²) in [5.41, 5.74) is 2.50. The van der Waals surface area contributed by atoms with Gasteiger partial charge in [0.2, 0.25) is 0 Å². The number of hydrogen-bond donors (Lipinski definition) is 2. The predicted octanol–water partition coefficient (Wildman–Crippen LogP) is 5.00. The average molecular weight is 468 g/mol. The first-order valence-electron chi connectivity index (χ1n) is 10.8. The molecule has 0 fully saturated rings. The lowest BCUT2D eigenvalue weighted by molar-refractivity contribution is 0.0697. The summed E-state index contributed by atoms with van der Waals surface area (Å²) in [5, 5.41) is 9.88. The molecular weight excluding hydrogens is 438 g/mol. The van der Waals surface area contributed by atoms with Gasteiger partial charge in [-0.3, -0.25) is 4.72 Å². The zero-order valence-corrected chi connectivity index (χ0v) is 19.9. The molecule has 0 aliphatic heterocycles. The van der Waals surface area contributed by atoms with Gasteiger partial charge in [-0.15, -0.1) is 0 Å². The molecule has 0 aliphatic rings. The molecule has 1 aromatic heterocycles. The standard InChI is InChI=1S/C25H29N3O4S/c1-4-5-13-28(17-20-9-7-6-8-10-20)24-22(25(29)30)15-21(16-26-24)27-33(31,32)23-14-18(2)11-12-19(23)3/h6-12,14-16,27H,4-5,13,17H2,1-3H3,(H,29,30). The fourth-order valence-corrected chi connectivity index (χ4v) is 4.91. The molecule has 3 aromatic rings. The summed E-state index contributed by atoms with van der Waals surface area (Å²) in [5.74, 6) is -0.852. The van der Waals surface area contributed by atoms with Gasteiger partial charge in [-0.1, -0.05) is 55.8 Å². The van der Waals surface area contributed by atoms with Crippen LogP contribution < -0.4 is 9.62 Å². The van der Waals surface area contributed by atoms with E-state index in [1.165, 1.54) is 12.3 Å². The number of aromatic carboxylic acids is 1. The van der Waals surface area contributed by atoms with Crippen molar-refractivity contribution in [2.45, 2.75) is 45.1 Å². The first-order valence-corrected chi connectivity index (χ1v) is 12.3. The lowest BCUT2D eigenvalue weighted by atomic mass is 10.1. The molecule has 0 unspecified atom stereocenters. The van der Waals surface area contributed by atoms with Crippen LogP contribution in [0.4, 0.5) is 11.5 Å². The van der Waals surface area contributed by atoms with Gasteiger partial charge in [-0.05, 0) is 49.1 Å². The maximum atomic E-state index is 13.0. The fourth-order valence-electron chi connectivity index (χ4n) is 3.54. The predicted molar refractivity (Wildman–Crippen MR) is 130 cm³/mol. The molecule has 0 saturated heterocycles. The van der Waals surface area contributed by atoms with Gasteiger partial charge in [0.05, 0.1) is 16.8 Å². The van der Waals surface area contributed by atoms with E-state index in [2.05, 4.69) is 16.6 Å². The SMILES string of the molecule is CCCCN(Cc1ccccc1)c1ncc(NS(=O)(=O)c2cc(C)ccc2C)cc1C(=O)O. The Kier molecular flexibility index (Phi) is 7.71. The molecule has 0 bridgehead atoms. The maximum Gasteiger partial charge on any atom is 0.339 e. The maximum absolute atomic E-state index is 13.0. The number of aryl methyl sites for hydroxylation is 2. The van der Waals surface area contributed by atoms with Crippen molar-refractivity contribution in [2.75, 3.05) is 16.2 Å². The number of carboxylic acid groups (broad SMARTS) is 1. The number of unbranched alkanes of at least 4 members (excludes halogenated alkanes) is 1. The van der Waals surface area contributed by atoms with E-state index >= 15 is 0 Å². The number of carboxylic acids is 1. The van der Waals surface area contributed by atoms with Crippen LogP contribution in [0, 0.1) is 13.8 Å². The minimum atomic E-state index is -3.90. The van der Waals surface area contributed by atoms with Crippen LogP contribution in [0.1, 0.15) is 46.8 Å². The second-order valence-corrected chi connectivity index (χ2v) is 9.69. The highest BCUT2D eigenvalue weighted by Gasteiger charge is 2.22. The van der Waals surface area contributed by atoms with Gasteiger partial charge >= 0.3 is 5.97 Å².